The SMILES string of the molecule is COc1ccc(-n2cc(CN3CC[C@H](O)C3)c(-c3ccccc3Cl)n2)cc1. The third kappa shape index (κ3) is 3.86. The van der Waals surface area contributed by atoms with Gasteiger partial charge < -0.3 is 9.84 Å². The van der Waals surface area contributed by atoms with Crippen molar-refractivity contribution < 1.29 is 9.84 Å². The van der Waals surface area contributed by atoms with E-state index in [9.17, 15) is 5.11 Å². The van der Waals surface area contributed by atoms with Crippen LogP contribution in [0.3, 0.4) is 0 Å². The molecular formula is C21H22ClN3O2. The van der Waals surface area contributed by atoms with Gasteiger partial charge in [0.2, 0.25) is 0 Å². The van der Waals surface area contributed by atoms with Crippen molar-refractivity contribution in [2.75, 3.05) is 20.2 Å². The molecule has 0 saturated carbocycles. The van der Waals surface area contributed by atoms with Crippen LogP contribution >= 0.6 is 11.6 Å². The van der Waals surface area contributed by atoms with E-state index in [1.807, 2.05) is 59.4 Å². The fourth-order valence-corrected chi connectivity index (χ4v) is 3.69. The zero-order chi connectivity index (χ0) is 18.8. The predicted octanol–water partition coefficient (Wildman–Crippen LogP) is 3.77. The number of aliphatic hydroxyl groups is 1. The summed E-state index contributed by atoms with van der Waals surface area (Å²) in [5.41, 5.74) is 3.84. The fourth-order valence-electron chi connectivity index (χ4n) is 3.47. The molecule has 2 heterocycles. The van der Waals surface area contributed by atoms with Crippen molar-refractivity contribution in [3.05, 3.63) is 65.3 Å². The Kier molecular flexibility index (Phi) is 5.16. The van der Waals surface area contributed by atoms with Gasteiger partial charge >= 0.3 is 0 Å². The summed E-state index contributed by atoms with van der Waals surface area (Å²) >= 11 is 6.45. The molecule has 3 aromatic rings. The Labute approximate surface area is 163 Å². The lowest BCUT2D eigenvalue weighted by molar-refractivity contribution is 0.175. The predicted molar refractivity (Wildman–Crippen MR) is 106 cm³/mol. The van der Waals surface area contributed by atoms with E-state index < -0.39 is 0 Å². The number of likely N-dealkylation sites (tertiary alicyclic amines) is 1. The summed E-state index contributed by atoms with van der Waals surface area (Å²) in [6.45, 7) is 2.31. The van der Waals surface area contributed by atoms with Crippen LogP contribution in [0.2, 0.25) is 5.02 Å². The maximum absolute atomic E-state index is 9.85. The molecule has 0 aliphatic carbocycles. The lowest BCUT2D eigenvalue weighted by Crippen LogP contribution is -2.21. The first-order valence-electron chi connectivity index (χ1n) is 9.02. The molecule has 1 N–H and O–H groups in total. The van der Waals surface area contributed by atoms with Gasteiger partial charge in [0, 0.05) is 37.0 Å². The van der Waals surface area contributed by atoms with Crippen molar-refractivity contribution >= 4 is 11.6 Å². The minimum atomic E-state index is -0.245. The first kappa shape index (κ1) is 18.0. The molecule has 1 aromatic heterocycles. The highest BCUT2D eigenvalue weighted by Crippen LogP contribution is 2.31. The van der Waals surface area contributed by atoms with Crippen molar-refractivity contribution in [2.24, 2.45) is 0 Å². The Bertz CT molecular complexity index is 923. The van der Waals surface area contributed by atoms with Crippen LogP contribution in [0.4, 0.5) is 0 Å². The van der Waals surface area contributed by atoms with Gasteiger partial charge in [-0.2, -0.15) is 5.10 Å². The van der Waals surface area contributed by atoms with Gasteiger partial charge in [-0.05, 0) is 36.8 Å². The molecule has 140 valence electrons. The van der Waals surface area contributed by atoms with Gasteiger partial charge in [-0.3, -0.25) is 4.90 Å². The molecule has 1 aliphatic rings. The van der Waals surface area contributed by atoms with Crippen LogP contribution in [0.15, 0.2) is 54.7 Å². The van der Waals surface area contributed by atoms with Crippen LogP contribution in [0.5, 0.6) is 5.75 Å². The number of aliphatic hydroxyl groups excluding tert-OH is 1. The number of halogens is 1. The second-order valence-electron chi connectivity index (χ2n) is 6.80. The summed E-state index contributed by atoms with van der Waals surface area (Å²) in [4.78, 5) is 2.25. The topological polar surface area (TPSA) is 50.5 Å². The van der Waals surface area contributed by atoms with Crippen LogP contribution in [0, 0.1) is 0 Å². The summed E-state index contributed by atoms with van der Waals surface area (Å²) in [7, 11) is 1.65. The standard InChI is InChI=1S/C21H22ClN3O2/c1-27-18-8-6-16(7-9-18)25-13-15(12-24-11-10-17(26)14-24)21(23-25)19-4-2-3-5-20(19)22/h2-9,13,17,26H,10-12,14H2,1H3/t17-/m0/s1. The third-order valence-electron chi connectivity index (χ3n) is 4.90. The molecule has 5 nitrogen and oxygen atoms in total. The second-order valence-corrected chi connectivity index (χ2v) is 7.21. The van der Waals surface area contributed by atoms with E-state index in [0.29, 0.717) is 11.6 Å². The molecule has 2 aromatic carbocycles. The highest BCUT2D eigenvalue weighted by molar-refractivity contribution is 6.33. The second kappa shape index (κ2) is 7.72. The van der Waals surface area contributed by atoms with Crippen LogP contribution in [-0.4, -0.2) is 46.1 Å². The molecule has 6 heteroatoms. The minimum absolute atomic E-state index is 0.245. The summed E-state index contributed by atoms with van der Waals surface area (Å²) in [6, 6.07) is 15.6. The van der Waals surface area contributed by atoms with E-state index in [4.69, 9.17) is 21.4 Å². The molecule has 0 spiro atoms. The number of hydrogen-bond acceptors (Lipinski definition) is 4. The average Bonchev–Trinajstić information content (AvgIpc) is 3.29. The Morgan fingerprint density at radius 3 is 2.63 bits per heavy atom. The van der Waals surface area contributed by atoms with Gasteiger partial charge in [-0.1, -0.05) is 29.8 Å². The maximum Gasteiger partial charge on any atom is 0.119 e. The van der Waals surface area contributed by atoms with Gasteiger partial charge in [-0.15, -0.1) is 0 Å². The monoisotopic (exact) mass is 383 g/mol. The number of hydrogen-bond donors (Lipinski definition) is 1. The van der Waals surface area contributed by atoms with Crippen LogP contribution in [0.25, 0.3) is 16.9 Å². The molecule has 1 fully saturated rings. The number of rotatable bonds is 5. The highest BCUT2D eigenvalue weighted by atomic mass is 35.5. The normalized spacial score (nSPS) is 17.4. The summed E-state index contributed by atoms with van der Waals surface area (Å²) in [5.74, 6) is 0.809. The quantitative estimate of drug-likeness (QED) is 0.728. The molecule has 4 rings (SSSR count). The zero-order valence-electron chi connectivity index (χ0n) is 15.2. The third-order valence-corrected chi connectivity index (χ3v) is 5.23. The number of nitrogens with zero attached hydrogens (tertiary/aromatic N) is 3. The Hall–Kier alpha value is -2.34. The molecule has 27 heavy (non-hydrogen) atoms. The van der Waals surface area contributed by atoms with Gasteiger partial charge in [0.15, 0.2) is 0 Å². The summed E-state index contributed by atoms with van der Waals surface area (Å²) in [5, 5.41) is 15.4. The number of methoxy groups -OCH3 is 1. The van der Waals surface area contributed by atoms with E-state index in [1.54, 1.807) is 7.11 Å². The molecule has 0 amide bonds. The van der Waals surface area contributed by atoms with Crippen molar-refractivity contribution in [1.29, 1.82) is 0 Å². The Morgan fingerprint density at radius 1 is 1.19 bits per heavy atom. The molecule has 0 radical (unpaired) electrons. The lowest BCUT2D eigenvalue weighted by Gasteiger charge is -2.14. The zero-order valence-corrected chi connectivity index (χ0v) is 15.9. The Morgan fingerprint density at radius 2 is 1.96 bits per heavy atom. The summed E-state index contributed by atoms with van der Waals surface area (Å²) in [6.07, 6.45) is 2.62. The first-order valence-corrected chi connectivity index (χ1v) is 9.40. The van der Waals surface area contributed by atoms with Crippen molar-refractivity contribution in [2.45, 2.75) is 19.1 Å². The highest BCUT2D eigenvalue weighted by Gasteiger charge is 2.23. The molecule has 1 aliphatic heterocycles. The largest absolute Gasteiger partial charge is 0.497 e. The van der Waals surface area contributed by atoms with Crippen molar-refractivity contribution in [3.8, 4) is 22.7 Å². The smallest absolute Gasteiger partial charge is 0.119 e. The van der Waals surface area contributed by atoms with Gasteiger partial charge in [0.1, 0.15) is 5.75 Å². The summed E-state index contributed by atoms with van der Waals surface area (Å²) < 4.78 is 7.12. The van der Waals surface area contributed by atoms with Crippen LogP contribution in [-0.2, 0) is 6.54 Å². The van der Waals surface area contributed by atoms with E-state index in [-0.39, 0.29) is 6.10 Å². The van der Waals surface area contributed by atoms with E-state index in [0.717, 1.165) is 47.8 Å². The van der Waals surface area contributed by atoms with E-state index >= 15 is 0 Å². The van der Waals surface area contributed by atoms with Crippen LogP contribution in [0.1, 0.15) is 12.0 Å². The van der Waals surface area contributed by atoms with Gasteiger partial charge in [0.05, 0.1) is 29.6 Å². The number of ether oxygens (including phenoxy) is 1. The number of benzene rings is 2. The molecular weight excluding hydrogens is 362 g/mol. The van der Waals surface area contributed by atoms with Crippen molar-refractivity contribution in [3.63, 3.8) is 0 Å². The van der Waals surface area contributed by atoms with E-state index in [1.165, 1.54) is 0 Å². The molecule has 0 bridgehead atoms. The first-order chi connectivity index (χ1) is 13.1. The fraction of sp³-hybridized carbons (Fsp3) is 0.286. The van der Waals surface area contributed by atoms with Crippen molar-refractivity contribution in [1.82, 2.24) is 14.7 Å². The maximum atomic E-state index is 9.85. The lowest BCUT2D eigenvalue weighted by atomic mass is 10.1. The van der Waals surface area contributed by atoms with Gasteiger partial charge in [0.25, 0.3) is 0 Å². The Balaban J connectivity index is 1.73. The average molecular weight is 384 g/mol. The number of β-amino-alcohol motifs (C(OH)–C–C–N with tert-alkyl or cyclic N) is 1. The molecule has 0 unspecified atom stereocenters. The number of aromatic nitrogens is 2. The minimum Gasteiger partial charge on any atom is -0.497 e. The molecule has 1 atom stereocenters. The van der Waals surface area contributed by atoms with Crippen LogP contribution < -0.4 is 4.74 Å². The molecule has 1 saturated heterocycles. The van der Waals surface area contributed by atoms with E-state index in [2.05, 4.69) is 4.90 Å². The van der Waals surface area contributed by atoms with Gasteiger partial charge in [-0.25, -0.2) is 4.68 Å².